The number of rotatable bonds is 50. The van der Waals surface area contributed by atoms with E-state index in [1.165, 1.54) is 77.0 Å². The van der Waals surface area contributed by atoms with Gasteiger partial charge >= 0.3 is 17.9 Å². The van der Waals surface area contributed by atoms with Gasteiger partial charge in [0.25, 0.3) is 0 Å². The van der Waals surface area contributed by atoms with Crippen molar-refractivity contribution in [2.45, 2.75) is 258 Å². The molecule has 0 aliphatic carbocycles. The Balaban J connectivity index is 4.46. The third-order valence-electron chi connectivity index (χ3n) is 11.7. The second-order valence-electron chi connectivity index (χ2n) is 18.5. The summed E-state index contributed by atoms with van der Waals surface area (Å²) in [5, 5.41) is 0. The molecule has 0 saturated heterocycles. The van der Waals surface area contributed by atoms with Crippen LogP contribution in [0.3, 0.4) is 0 Å². The summed E-state index contributed by atoms with van der Waals surface area (Å²) in [6.07, 6.45) is 76.4. The van der Waals surface area contributed by atoms with Gasteiger partial charge in [-0.3, -0.25) is 14.4 Å². The number of allylic oxidation sites excluding steroid dienone is 18. The highest BCUT2D eigenvalue weighted by atomic mass is 16.6. The van der Waals surface area contributed by atoms with Gasteiger partial charge in [-0.25, -0.2) is 0 Å². The van der Waals surface area contributed by atoms with E-state index < -0.39 is 6.10 Å². The summed E-state index contributed by atoms with van der Waals surface area (Å²) < 4.78 is 16.8. The van der Waals surface area contributed by atoms with Crippen LogP contribution in [0.1, 0.15) is 252 Å². The topological polar surface area (TPSA) is 78.9 Å². The van der Waals surface area contributed by atoms with E-state index in [4.69, 9.17) is 14.2 Å². The van der Waals surface area contributed by atoms with E-state index in [-0.39, 0.29) is 31.1 Å². The highest BCUT2D eigenvalue weighted by molar-refractivity contribution is 5.71. The maximum atomic E-state index is 12.9. The van der Waals surface area contributed by atoms with Gasteiger partial charge in [0.15, 0.2) is 6.10 Å². The Morgan fingerprint density at radius 1 is 0.304 bits per heavy atom. The molecule has 0 spiro atoms. The number of hydrogen-bond acceptors (Lipinski definition) is 6. The zero-order valence-corrected chi connectivity index (χ0v) is 44.8. The number of unbranched alkanes of at least 4 members (excludes halogenated alkanes) is 21. The third-order valence-corrected chi connectivity index (χ3v) is 11.7. The summed E-state index contributed by atoms with van der Waals surface area (Å²) in [7, 11) is 0. The molecule has 0 heterocycles. The molecule has 0 aromatic rings. The van der Waals surface area contributed by atoms with Crippen molar-refractivity contribution in [3.8, 4) is 0 Å². The lowest BCUT2D eigenvalue weighted by Gasteiger charge is -2.18. The molecule has 0 aliphatic rings. The molecule has 69 heavy (non-hydrogen) atoms. The highest BCUT2D eigenvalue weighted by Crippen LogP contribution is 2.14. The monoisotopic (exact) mass is 957 g/mol. The number of esters is 3. The van der Waals surface area contributed by atoms with Gasteiger partial charge in [-0.1, -0.05) is 220 Å². The van der Waals surface area contributed by atoms with E-state index in [1.807, 2.05) is 0 Å². The lowest BCUT2D eigenvalue weighted by Crippen LogP contribution is -2.30. The Morgan fingerprint density at radius 2 is 0.594 bits per heavy atom. The molecule has 0 aromatic carbocycles. The minimum Gasteiger partial charge on any atom is -0.462 e. The molecule has 0 radical (unpaired) electrons. The normalized spacial score (nSPS) is 12.9. The van der Waals surface area contributed by atoms with Crippen molar-refractivity contribution in [2.75, 3.05) is 13.2 Å². The van der Waals surface area contributed by atoms with Crippen LogP contribution in [0.5, 0.6) is 0 Å². The molecule has 1 unspecified atom stereocenters. The van der Waals surface area contributed by atoms with Gasteiger partial charge in [0, 0.05) is 19.3 Å². The standard InChI is InChI=1S/C63H104O6/c1-4-7-10-13-16-19-22-25-27-29-31-33-35-38-41-44-47-50-53-56-62(65)68-59-60(58-67-61(64)55-52-49-46-43-40-37-24-21-18-15-12-9-6-3)69-63(66)57-54-51-48-45-42-39-36-34-32-30-28-26-23-20-17-14-11-8-5-2/h7,10,12,15-17,19-21,24-28,31,33,38,41,60H,4-6,8-9,11,13-14,18,22-23,29-30,32,34-37,39-40,42-59H2,1-3H3/b10-7-,15-12-,19-16-,20-17-,24-21-,27-25-,28-26-,33-31-,41-38-. The SMILES string of the molecule is CC/C=C\C/C=C\C/C=C\C/C=C\C/C=C\CCCCCC(=O)OCC(COC(=O)CCCCCCC/C=C\C/C=C\CCC)OC(=O)CCCCCCCCCCC/C=C\C/C=C\CCCCC. The lowest BCUT2D eigenvalue weighted by molar-refractivity contribution is -0.167. The average Bonchev–Trinajstić information content (AvgIpc) is 3.35. The van der Waals surface area contributed by atoms with Gasteiger partial charge in [-0.15, -0.1) is 0 Å². The first kappa shape index (κ1) is 65.1. The van der Waals surface area contributed by atoms with Crippen molar-refractivity contribution in [1.82, 2.24) is 0 Å². The Kier molecular flexibility index (Phi) is 53.4. The predicted molar refractivity (Wildman–Crippen MR) is 297 cm³/mol. The van der Waals surface area contributed by atoms with E-state index in [9.17, 15) is 14.4 Å². The molecular formula is C63H104O6. The molecule has 6 nitrogen and oxygen atoms in total. The fourth-order valence-corrected chi connectivity index (χ4v) is 7.48. The Bertz CT molecular complexity index is 1420. The second-order valence-corrected chi connectivity index (χ2v) is 18.5. The van der Waals surface area contributed by atoms with Gasteiger partial charge in [0.1, 0.15) is 13.2 Å². The Labute approximate surface area is 425 Å². The largest absolute Gasteiger partial charge is 0.462 e. The van der Waals surface area contributed by atoms with Gasteiger partial charge in [0.2, 0.25) is 0 Å². The molecule has 0 aromatic heterocycles. The highest BCUT2D eigenvalue weighted by Gasteiger charge is 2.19. The van der Waals surface area contributed by atoms with Crippen molar-refractivity contribution < 1.29 is 28.6 Å². The van der Waals surface area contributed by atoms with Crippen LogP contribution in [0.25, 0.3) is 0 Å². The molecule has 0 N–H and O–H groups in total. The van der Waals surface area contributed by atoms with Crippen LogP contribution in [0.2, 0.25) is 0 Å². The van der Waals surface area contributed by atoms with Crippen molar-refractivity contribution in [2.24, 2.45) is 0 Å². The molecule has 392 valence electrons. The lowest BCUT2D eigenvalue weighted by atomic mass is 10.1. The summed E-state index contributed by atoms with van der Waals surface area (Å²) >= 11 is 0. The minimum atomic E-state index is -0.802. The summed E-state index contributed by atoms with van der Waals surface area (Å²) in [4.78, 5) is 38.1. The fourth-order valence-electron chi connectivity index (χ4n) is 7.48. The maximum absolute atomic E-state index is 12.9. The van der Waals surface area contributed by atoms with Crippen molar-refractivity contribution in [1.29, 1.82) is 0 Å². The van der Waals surface area contributed by atoms with E-state index in [1.54, 1.807) is 0 Å². The number of ether oxygens (including phenoxy) is 3. The molecule has 0 aliphatic heterocycles. The predicted octanol–water partition coefficient (Wildman–Crippen LogP) is 19.1. The third kappa shape index (κ3) is 54.9. The van der Waals surface area contributed by atoms with Gasteiger partial charge in [-0.2, -0.15) is 0 Å². The Hall–Kier alpha value is -3.93. The number of hydrogen-bond donors (Lipinski definition) is 0. The molecule has 0 rings (SSSR count). The van der Waals surface area contributed by atoms with Crippen LogP contribution in [0.4, 0.5) is 0 Å². The van der Waals surface area contributed by atoms with Crippen LogP contribution in [-0.2, 0) is 28.6 Å². The minimum absolute atomic E-state index is 0.0993. The van der Waals surface area contributed by atoms with Crippen LogP contribution in [0.15, 0.2) is 109 Å². The molecular weight excluding hydrogens is 853 g/mol. The summed E-state index contributed by atoms with van der Waals surface area (Å²) in [6, 6.07) is 0. The van der Waals surface area contributed by atoms with Crippen molar-refractivity contribution in [3.63, 3.8) is 0 Å². The van der Waals surface area contributed by atoms with E-state index in [0.717, 1.165) is 135 Å². The number of carbonyl (C=O) groups is 3. The summed E-state index contributed by atoms with van der Waals surface area (Å²) in [5.41, 5.74) is 0. The smallest absolute Gasteiger partial charge is 0.306 e. The zero-order chi connectivity index (χ0) is 50.0. The second kappa shape index (κ2) is 56.7. The molecule has 0 fully saturated rings. The average molecular weight is 958 g/mol. The fraction of sp³-hybridized carbons (Fsp3) is 0.667. The van der Waals surface area contributed by atoms with Crippen LogP contribution >= 0.6 is 0 Å². The summed E-state index contributed by atoms with van der Waals surface area (Å²) in [6.45, 7) is 6.39. The number of carbonyl (C=O) groups excluding carboxylic acids is 3. The molecule has 0 saturated carbocycles. The van der Waals surface area contributed by atoms with Crippen molar-refractivity contribution >= 4 is 17.9 Å². The first-order valence-electron chi connectivity index (χ1n) is 28.4. The molecule has 0 bridgehead atoms. The van der Waals surface area contributed by atoms with E-state index in [2.05, 4.69) is 130 Å². The van der Waals surface area contributed by atoms with Crippen LogP contribution in [-0.4, -0.2) is 37.2 Å². The molecule has 6 heteroatoms. The summed E-state index contributed by atoms with van der Waals surface area (Å²) in [5.74, 6) is -0.950. The van der Waals surface area contributed by atoms with Gasteiger partial charge < -0.3 is 14.2 Å². The molecule has 0 amide bonds. The molecule has 1 atom stereocenters. The quantitative estimate of drug-likeness (QED) is 0.0262. The van der Waals surface area contributed by atoms with Crippen LogP contribution < -0.4 is 0 Å². The van der Waals surface area contributed by atoms with E-state index in [0.29, 0.717) is 19.3 Å². The van der Waals surface area contributed by atoms with Crippen molar-refractivity contribution in [3.05, 3.63) is 109 Å². The van der Waals surface area contributed by atoms with Gasteiger partial charge in [0.05, 0.1) is 0 Å². The van der Waals surface area contributed by atoms with Gasteiger partial charge in [-0.05, 0) is 122 Å². The van der Waals surface area contributed by atoms with E-state index >= 15 is 0 Å². The van der Waals surface area contributed by atoms with Crippen LogP contribution in [0, 0.1) is 0 Å². The maximum Gasteiger partial charge on any atom is 0.306 e. The zero-order valence-electron chi connectivity index (χ0n) is 44.8. The first-order valence-corrected chi connectivity index (χ1v) is 28.4. The Morgan fingerprint density at radius 3 is 0.957 bits per heavy atom. The first-order chi connectivity index (χ1) is 34.0.